The minimum Gasteiger partial charge on any atom is -0.392 e. The number of rotatable bonds is 6. The van der Waals surface area contributed by atoms with Gasteiger partial charge in [0, 0.05) is 25.2 Å². The van der Waals surface area contributed by atoms with Crippen LogP contribution in [-0.4, -0.2) is 54.7 Å². The summed E-state index contributed by atoms with van der Waals surface area (Å²) in [6, 6.07) is 5.91. The largest absolute Gasteiger partial charge is 0.392 e. The van der Waals surface area contributed by atoms with Crippen LogP contribution in [0, 0.1) is 11.8 Å². The third kappa shape index (κ3) is 5.14. The van der Waals surface area contributed by atoms with Gasteiger partial charge in [-0.15, -0.1) is 0 Å². The Morgan fingerprint density at radius 3 is 2.66 bits per heavy atom. The molecule has 1 aliphatic heterocycles. The minimum atomic E-state index is -4.37. The quantitative estimate of drug-likeness (QED) is 0.540. The molecule has 0 radical (unpaired) electrons. The van der Waals surface area contributed by atoms with Crippen molar-refractivity contribution in [1.29, 1.82) is 0 Å². The van der Waals surface area contributed by atoms with E-state index < -0.39 is 26.7 Å². The summed E-state index contributed by atoms with van der Waals surface area (Å²) in [6.07, 6.45) is 4.32. The van der Waals surface area contributed by atoms with Gasteiger partial charge in [-0.1, -0.05) is 30.5 Å². The number of halogens is 3. The first-order valence-corrected chi connectivity index (χ1v) is 12.4. The molecule has 2 aromatic rings. The van der Waals surface area contributed by atoms with Gasteiger partial charge in [0.2, 0.25) is 5.95 Å². The lowest BCUT2D eigenvalue weighted by Gasteiger charge is -2.39. The van der Waals surface area contributed by atoms with Crippen molar-refractivity contribution in [1.82, 2.24) is 9.88 Å². The fourth-order valence-corrected chi connectivity index (χ4v) is 5.86. The summed E-state index contributed by atoms with van der Waals surface area (Å²) in [5, 5.41) is 13.2. The van der Waals surface area contributed by atoms with Gasteiger partial charge in [0.25, 0.3) is 10.0 Å². The first-order valence-electron chi connectivity index (χ1n) is 10.6. The predicted octanol–water partition coefficient (Wildman–Crippen LogP) is 3.60. The van der Waals surface area contributed by atoms with Crippen LogP contribution in [0.1, 0.15) is 32.1 Å². The van der Waals surface area contributed by atoms with E-state index in [2.05, 4.69) is 19.9 Å². The van der Waals surface area contributed by atoms with Crippen LogP contribution in [-0.2, 0) is 10.0 Å². The van der Waals surface area contributed by atoms with Crippen LogP contribution in [0.2, 0.25) is 5.02 Å². The van der Waals surface area contributed by atoms with Gasteiger partial charge in [0.1, 0.15) is 16.5 Å². The van der Waals surface area contributed by atoms with Gasteiger partial charge in [0.05, 0.1) is 16.8 Å². The summed E-state index contributed by atoms with van der Waals surface area (Å²) in [5.41, 5.74) is 0.309. The molecule has 1 saturated carbocycles. The topological polar surface area (TPSA) is 94.6 Å². The Kier molecular flexibility index (Phi) is 6.85. The summed E-state index contributed by atoms with van der Waals surface area (Å²) >= 11 is 6.33. The van der Waals surface area contributed by atoms with Gasteiger partial charge < -0.3 is 10.4 Å². The summed E-state index contributed by atoms with van der Waals surface area (Å²) in [4.78, 5) is 5.03. The molecule has 2 fully saturated rings. The first kappa shape index (κ1) is 23.2. The van der Waals surface area contributed by atoms with E-state index in [0.29, 0.717) is 12.2 Å². The number of nitrogens with one attached hydrogen (secondary N) is 2. The Hall–Kier alpha value is -2.01. The zero-order chi connectivity index (χ0) is 22.9. The molecule has 11 heteroatoms. The molecule has 32 heavy (non-hydrogen) atoms. The number of sulfonamides is 1. The predicted molar refractivity (Wildman–Crippen MR) is 118 cm³/mol. The highest BCUT2D eigenvalue weighted by Gasteiger charge is 2.34. The van der Waals surface area contributed by atoms with Crippen LogP contribution in [0.25, 0.3) is 0 Å². The normalized spacial score (nSPS) is 24.4. The van der Waals surface area contributed by atoms with Gasteiger partial charge in [-0.2, -0.15) is 4.39 Å². The van der Waals surface area contributed by atoms with Crippen molar-refractivity contribution in [2.75, 3.05) is 23.1 Å². The third-order valence-corrected chi connectivity index (χ3v) is 7.68. The number of pyridine rings is 1. The van der Waals surface area contributed by atoms with Crippen LogP contribution in [0.3, 0.4) is 0 Å². The second kappa shape index (κ2) is 9.46. The summed E-state index contributed by atoms with van der Waals surface area (Å²) in [6.45, 7) is 1.42. The standard InChI is InChI=1S/C21H25ClF2N4O3S/c22-14-10-19(32(30,31)27-21-7-3-6-20(24)26-21)15(23)11-17(14)25-16-4-1-2-5-18(16)28-9-8-13(29)12-28/h3,6-7,10-11,13,16,18,25,29H,1-2,4-5,8-9,12H2,(H,26,27)/t13?,16-,18-/m0/s1. The van der Waals surface area contributed by atoms with Crippen molar-refractivity contribution in [2.45, 2.75) is 55.2 Å². The number of aliphatic hydroxyl groups excluding tert-OH is 1. The molecule has 1 unspecified atom stereocenters. The summed E-state index contributed by atoms with van der Waals surface area (Å²) < 4.78 is 55.4. The molecule has 0 spiro atoms. The maximum atomic E-state index is 14.9. The molecular formula is C21H25ClF2N4O3S. The maximum absolute atomic E-state index is 14.9. The number of aliphatic hydroxyl groups is 1. The second-order valence-corrected chi connectivity index (χ2v) is 10.3. The van der Waals surface area contributed by atoms with E-state index in [1.54, 1.807) is 0 Å². The van der Waals surface area contributed by atoms with Crippen molar-refractivity contribution in [3.63, 3.8) is 0 Å². The van der Waals surface area contributed by atoms with Gasteiger partial charge in [-0.05, 0) is 43.5 Å². The zero-order valence-electron chi connectivity index (χ0n) is 17.3. The molecule has 1 saturated heterocycles. The molecule has 3 N–H and O–H groups in total. The van der Waals surface area contributed by atoms with Crippen molar-refractivity contribution in [3.05, 3.63) is 47.1 Å². The molecule has 2 heterocycles. The fourth-order valence-electron chi connectivity index (χ4n) is 4.49. The van der Waals surface area contributed by atoms with E-state index in [-0.39, 0.29) is 29.0 Å². The number of hydrogen-bond acceptors (Lipinski definition) is 6. The monoisotopic (exact) mass is 486 g/mol. The van der Waals surface area contributed by atoms with Crippen LogP contribution in [0.5, 0.6) is 0 Å². The van der Waals surface area contributed by atoms with E-state index in [1.807, 2.05) is 0 Å². The Morgan fingerprint density at radius 2 is 1.94 bits per heavy atom. The average molecular weight is 487 g/mol. The molecule has 174 valence electrons. The molecule has 1 aromatic carbocycles. The number of aromatic nitrogens is 1. The number of benzene rings is 1. The molecule has 4 rings (SSSR count). The highest BCUT2D eigenvalue weighted by molar-refractivity contribution is 7.92. The van der Waals surface area contributed by atoms with Crippen LogP contribution in [0.15, 0.2) is 35.2 Å². The van der Waals surface area contributed by atoms with E-state index >= 15 is 0 Å². The molecule has 0 bridgehead atoms. The smallest absolute Gasteiger partial charge is 0.266 e. The van der Waals surface area contributed by atoms with Gasteiger partial charge in [-0.25, -0.2) is 17.8 Å². The lowest BCUT2D eigenvalue weighted by atomic mass is 9.89. The summed E-state index contributed by atoms with van der Waals surface area (Å²) in [5.74, 6) is -2.11. The van der Waals surface area contributed by atoms with Gasteiger partial charge in [-0.3, -0.25) is 9.62 Å². The number of β-amino-alcohol motifs (C(OH)–C–C–N with tert-alkyl or cyclic N) is 1. The van der Waals surface area contributed by atoms with Gasteiger partial charge in [0.15, 0.2) is 0 Å². The first-order chi connectivity index (χ1) is 15.2. The van der Waals surface area contributed by atoms with E-state index in [0.717, 1.165) is 56.8 Å². The lowest BCUT2D eigenvalue weighted by Crippen LogP contribution is -2.48. The Labute approximate surface area is 190 Å². The lowest BCUT2D eigenvalue weighted by molar-refractivity contribution is 0.135. The molecular weight excluding hydrogens is 462 g/mol. The number of hydrogen-bond donors (Lipinski definition) is 3. The van der Waals surface area contributed by atoms with E-state index in [1.165, 1.54) is 12.1 Å². The SMILES string of the molecule is O=S(=O)(Nc1cccc(F)n1)c1cc(Cl)c(N[C@H]2CCCC[C@@H]2N2CCC(O)C2)cc1F. The number of likely N-dealkylation sites (tertiary alicyclic amines) is 1. The van der Waals surface area contributed by atoms with Gasteiger partial charge >= 0.3 is 0 Å². The van der Waals surface area contributed by atoms with Crippen molar-refractivity contribution < 1.29 is 22.3 Å². The van der Waals surface area contributed by atoms with E-state index in [4.69, 9.17) is 11.6 Å². The molecule has 1 aliphatic carbocycles. The Bertz CT molecular complexity index is 1090. The number of nitrogens with zero attached hydrogens (tertiary/aromatic N) is 2. The Morgan fingerprint density at radius 1 is 1.16 bits per heavy atom. The van der Waals surface area contributed by atoms with Crippen molar-refractivity contribution in [3.8, 4) is 0 Å². The average Bonchev–Trinajstić information content (AvgIpc) is 3.16. The fraction of sp³-hybridized carbons (Fsp3) is 0.476. The van der Waals surface area contributed by atoms with Crippen LogP contribution >= 0.6 is 11.6 Å². The second-order valence-electron chi connectivity index (χ2n) is 8.25. The Balaban J connectivity index is 1.54. The van der Waals surface area contributed by atoms with Crippen LogP contribution in [0.4, 0.5) is 20.3 Å². The highest BCUT2D eigenvalue weighted by Crippen LogP contribution is 2.33. The summed E-state index contributed by atoms with van der Waals surface area (Å²) in [7, 11) is -4.37. The zero-order valence-corrected chi connectivity index (χ0v) is 18.8. The number of anilines is 2. The maximum Gasteiger partial charge on any atom is 0.266 e. The van der Waals surface area contributed by atoms with Crippen LogP contribution < -0.4 is 10.0 Å². The molecule has 0 amide bonds. The molecule has 2 aliphatic rings. The van der Waals surface area contributed by atoms with E-state index in [9.17, 15) is 22.3 Å². The van der Waals surface area contributed by atoms with Crippen molar-refractivity contribution >= 4 is 33.1 Å². The third-order valence-electron chi connectivity index (χ3n) is 6.00. The minimum absolute atomic E-state index is 0.00280. The highest BCUT2D eigenvalue weighted by atomic mass is 35.5. The van der Waals surface area contributed by atoms with Crippen molar-refractivity contribution in [2.24, 2.45) is 0 Å². The molecule has 1 aromatic heterocycles. The molecule has 3 atom stereocenters. The molecule has 7 nitrogen and oxygen atoms in total.